The zero-order chi connectivity index (χ0) is 13.2. The fourth-order valence-corrected chi connectivity index (χ4v) is 2.19. The molecule has 2 N–H and O–H groups in total. The van der Waals surface area contributed by atoms with E-state index in [1.165, 1.54) is 6.07 Å². The van der Waals surface area contributed by atoms with Crippen molar-refractivity contribution in [3.8, 4) is 0 Å². The van der Waals surface area contributed by atoms with E-state index in [1.807, 2.05) is 11.9 Å². The van der Waals surface area contributed by atoms with Crippen LogP contribution in [0.4, 0.5) is 5.82 Å². The van der Waals surface area contributed by atoms with Crippen LogP contribution in [0.2, 0.25) is 0 Å². The van der Waals surface area contributed by atoms with Crippen molar-refractivity contribution in [1.82, 2.24) is 9.97 Å². The van der Waals surface area contributed by atoms with Crippen molar-refractivity contribution in [2.45, 2.75) is 25.4 Å². The smallest absolute Gasteiger partial charge is 0.252 e. The first-order chi connectivity index (χ1) is 8.48. The number of hydrogen-bond donors (Lipinski definition) is 2. The van der Waals surface area contributed by atoms with Gasteiger partial charge in [-0.05, 0) is 6.92 Å². The van der Waals surface area contributed by atoms with Gasteiger partial charge < -0.3 is 19.7 Å². The molecule has 2 rings (SSSR count). The lowest BCUT2D eigenvalue weighted by molar-refractivity contribution is -0.0573. The molecule has 1 aromatic rings. The summed E-state index contributed by atoms with van der Waals surface area (Å²) < 4.78 is 5.24. The quantitative estimate of drug-likeness (QED) is 0.796. The van der Waals surface area contributed by atoms with Gasteiger partial charge in [0.25, 0.3) is 5.56 Å². The van der Waals surface area contributed by atoms with Crippen molar-refractivity contribution in [3.05, 3.63) is 22.2 Å². The highest BCUT2D eigenvalue weighted by Gasteiger charge is 2.31. The molecule has 1 aromatic heterocycles. The largest absolute Gasteiger partial charge is 0.388 e. The highest BCUT2D eigenvalue weighted by atomic mass is 16.5. The number of hydrogen-bond acceptors (Lipinski definition) is 5. The van der Waals surface area contributed by atoms with Gasteiger partial charge >= 0.3 is 0 Å². The summed E-state index contributed by atoms with van der Waals surface area (Å²) in [5, 5.41) is 10.4. The lowest BCUT2D eigenvalue weighted by Gasteiger charge is -2.35. The third-order valence-electron chi connectivity index (χ3n) is 3.19. The molecule has 2 heterocycles. The Morgan fingerprint density at radius 1 is 1.56 bits per heavy atom. The molecule has 0 bridgehead atoms. The van der Waals surface area contributed by atoms with Gasteiger partial charge in [0.05, 0.1) is 5.60 Å². The lowest BCUT2D eigenvalue weighted by atomic mass is 9.94. The van der Waals surface area contributed by atoms with E-state index in [9.17, 15) is 9.90 Å². The van der Waals surface area contributed by atoms with Crippen molar-refractivity contribution < 1.29 is 9.84 Å². The summed E-state index contributed by atoms with van der Waals surface area (Å²) >= 11 is 0. The summed E-state index contributed by atoms with van der Waals surface area (Å²) in [6, 6.07) is 1.44. The van der Waals surface area contributed by atoms with Crippen molar-refractivity contribution in [2.75, 3.05) is 31.7 Å². The highest BCUT2D eigenvalue weighted by molar-refractivity contribution is 5.36. The Kier molecular flexibility index (Phi) is 3.68. The molecule has 0 aliphatic carbocycles. The van der Waals surface area contributed by atoms with E-state index in [-0.39, 0.29) is 5.56 Å². The third-order valence-corrected chi connectivity index (χ3v) is 3.19. The van der Waals surface area contributed by atoms with E-state index in [0.29, 0.717) is 44.2 Å². The molecule has 0 spiro atoms. The van der Waals surface area contributed by atoms with Gasteiger partial charge in [0.2, 0.25) is 0 Å². The number of likely N-dealkylation sites (N-methyl/N-ethyl adjacent to an activating group) is 1. The maximum absolute atomic E-state index is 11.4. The molecule has 6 nitrogen and oxygen atoms in total. The van der Waals surface area contributed by atoms with Gasteiger partial charge in [-0.3, -0.25) is 4.79 Å². The Bertz CT molecular complexity index is 466. The Balaban J connectivity index is 2.11. The first-order valence-corrected chi connectivity index (χ1v) is 6.08. The van der Waals surface area contributed by atoms with Crippen LogP contribution >= 0.6 is 0 Å². The number of H-pyrrole nitrogens is 1. The monoisotopic (exact) mass is 253 g/mol. The SMILES string of the molecule is Cc1nc(N(C)CC2(O)CCOCC2)cc(=O)[nH]1. The fourth-order valence-electron chi connectivity index (χ4n) is 2.19. The first kappa shape index (κ1) is 13.0. The van der Waals surface area contributed by atoms with Gasteiger partial charge in [-0.25, -0.2) is 4.98 Å². The van der Waals surface area contributed by atoms with E-state index in [1.54, 1.807) is 6.92 Å². The third kappa shape index (κ3) is 3.08. The van der Waals surface area contributed by atoms with Crippen molar-refractivity contribution in [2.24, 2.45) is 0 Å². The molecule has 1 aliphatic rings. The predicted octanol–water partition coefficient (Wildman–Crippen LogP) is 0.0560. The number of aryl methyl sites for hydroxylation is 1. The molecule has 1 fully saturated rings. The zero-order valence-corrected chi connectivity index (χ0v) is 10.8. The van der Waals surface area contributed by atoms with E-state index >= 15 is 0 Å². The molecule has 0 atom stereocenters. The zero-order valence-electron chi connectivity index (χ0n) is 10.8. The molecule has 6 heteroatoms. The van der Waals surface area contributed by atoms with Crippen LogP contribution in [-0.2, 0) is 4.74 Å². The van der Waals surface area contributed by atoms with Crippen LogP contribution in [0.1, 0.15) is 18.7 Å². The van der Waals surface area contributed by atoms with Gasteiger partial charge in [0, 0.05) is 45.7 Å². The molecule has 100 valence electrons. The molecule has 18 heavy (non-hydrogen) atoms. The number of anilines is 1. The molecule has 0 unspecified atom stereocenters. The summed E-state index contributed by atoms with van der Waals surface area (Å²) in [5.74, 6) is 1.15. The molecule has 1 aliphatic heterocycles. The highest BCUT2D eigenvalue weighted by Crippen LogP contribution is 2.22. The van der Waals surface area contributed by atoms with E-state index in [2.05, 4.69) is 9.97 Å². The average Bonchev–Trinajstić information content (AvgIpc) is 2.28. The number of nitrogens with one attached hydrogen (secondary N) is 1. The predicted molar refractivity (Wildman–Crippen MR) is 67.9 cm³/mol. The summed E-state index contributed by atoms with van der Waals surface area (Å²) in [6.07, 6.45) is 1.22. The van der Waals surface area contributed by atoms with Crippen molar-refractivity contribution >= 4 is 5.82 Å². The second kappa shape index (κ2) is 5.07. The van der Waals surface area contributed by atoms with Gasteiger partial charge in [0.1, 0.15) is 11.6 Å². The van der Waals surface area contributed by atoms with E-state index in [4.69, 9.17) is 4.74 Å². The topological polar surface area (TPSA) is 78.5 Å². The van der Waals surface area contributed by atoms with E-state index < -0.39 is 5.60 Å². The van der Waals surface area contributed by atoms with Crippen LogP contribution in [-0.4, -0.2) is 47.5 Å². The van der Waals surface area contributed by atoms with E-state index in [0.717, 1.165) is 0 Å². The summed E-state index contributed by atoms with van der Waals surface area (Å²) in [5.41, 5.74) is -0.936. The first-order valence-electron chi connectivity index (χ1n) is 6.08. The van der Waals surface area contributed by atoms with Gasteiger partial charge in [0.15, 0.2) is 0 Å². The number of rotatable bonds is 3. The fraction of sp³-hybridized carbons (Fsp3) is 0.667. The number of nitrogens with zero attached hydrogens (tertiary/aromatic N) is 2. The molecule has 0 aromatic carbocycles. The number of aliphatic hydroxyl groups is 1. The standard InChI is InChI=1S/C12H19N3O3/c1-9-13-10(7-11(16)14-9)15(2)8-12(17)3-5-18-6-4-12/h7,17H,3-6,8H2,1-2H3,(H,13,14,16). The number of aromatic amines is 1. The summed E-state index contributed by atoms with van der Waals surface area (Å²) in [6.45, 7) is 3.34. The number of aromatic nitrogens is 2. The van der Waals surface area contributed by atoms with Crippen LogP contribution < -0.4 is 10.5 Å². The molecule has 0 saturated carbocycles. The molecule has 1 saturated heterocycles. The normalized spacial score (nSPS) is 18.6. The molecule has 0 amide bonds. The summed E-state index contributed by atoms with van der Waals surface area (Å²) in [7, 11) is 1.83. The minimum Gasteiger partial charge on any atom is -0.388 e. The summed E-state index contributed by atoms with van der Waals surface area (Å²) in [4.78, 5) is 20.1. The Morgan fingerprint density at radius 3 is 2.83 bits per heavy atom. The van der Waals surface area contributed by atoms with Gasteiger partial charge in [-0.1, -0.05) is 0 Å². The minimum absolute atomic E-state index is 0.177. The lowest BCUT2D eigenvalue weighted by Crippen LogP contribution is -2.46. The Labute approximate surface area is 106 Å². The number of ether oxygens (including phenoxy) is 1. The Hall–Kier alpha value is -1.40. The van der Waals surface area contributed by atoms with Crippen LogP contribution in [0.3, 0.4) is 0 Å². The maximum Gasteiger partial charge on any atom is 0.252 e. The minimum atomic E-state index is -0.759. The second-order valence-electron chi connectivity index (χ2n) is 4.88. The Morgan fingerprint density at radius 2 is 2.22 bits per heavy atom. The van der Waals surface area contributed by atoms with Crippen LogP contribution in [0.15, 0.2) is 10.9 Å². The average molecular weight is 253 g/mol. The van der Waals surface area contributed by atoms with Crippen molar-refractivity contribution in [3.63, 3.8) is 0 Å². The van der Waals surface area contributed by atoms with Crippen LogP contribution in [0.5, 0.6) is 0 Å². The van der Waals surface area contributed by atoms with Crippen molar-refractivity contribution in [1.29, 1.82) is 0 Å². The molecule has 0 radical (unpaired) electrons. The molecular formula is C12H19N3O3. The van der Waals surface area contributed by atoms with Gasteiger partial charge in [-0.2, -0.15) is 0 Å². The molecular weight excluding hydrogens is 234 g/mol. The van der Waals surface area contributed by atoms with Crippen LogP contribution in [0.25, 0.3) is 0 Å². The van der Waals surface area contributed by atoms with Gasteiger partial charge in [-0.15, -0.1) is 0 Å². The maximum atomic E-state index is 11.4. The second-order valence-corrected chi connectivity index (χ2v) is 4.88. The van der Waals surface area contributed by atoms with Crippen LogP contribution in [0, 0.1) is 6.92 Å².